The van der Waals surface area contributed by atoms with Gasteiger partial charge in [0.1, 0.15) is 9.84 Å². The molecule has 2 unspecified atom stereocenters. The summed E-state index contributed by atoms with van der Waals surface area (Å²) >= 11 is 0. The average molecular weight is 231 g/mol. The molecule has 88 valence electrons. The van der Waals surface area contributed by atoms with Crippen LogP contribution in [0, 0.1) is 11.8 Å². The smallest absolute Gasteiger partial charge is 0.150 e. The molecule has 0 saturated carbocycles. The van der Waals surface area contributed by atoms with E-state index in [9.17, 15) is 8.42 Å². The van der Waals surface area contributed by atoms with Crippen LogP contribution >= 0.6 is 0 Å². The molecule has 1 N–H and O–H groups in total. The average Bonchev–Trinajstić information content (AvgIpc) is 2.17. The van der Waals surface area contributed by atoms with E-state index in [-0.39, 0.29) is 0 Å². The van der Waals surface area contributed by atoms with Crippen LogP contribution in [0.3, 0.4) is 0 Å². The molecule has 0 aromatic rings. The molecular weight excluding hydrogens is 210 g/mol. The second kappa shape index (κ2) is 4.42. The fourth-order valence-electron chi connectivity index (χ4n) is 2.98. The Morgan fingerprint density at radius 1 is 1.07 bits per heavy atom. The number of piperidine rings is 1. The van der Waals surface area contributed by atoms with E-state index < -0.39 is 9.84 Å². The van der Waals surface area contributed by atoms with Crippen molar-refractivity contribution in [2.75, 3.05) is 18.1 Å². The van der Waals surface area contributed by atoms with Crippen LogP contribution in [-0.2, 0) is 9.84 Å². The molecule has 2 aliphatic rings. The monoisotopic (exact) mass is 231 g/mol. The maximum Gasteiger partial charge on any atom is 0.150 e. The van der Waals surface area contributed by atoms with Crippen molar-refractivity contribution in [1.29, 1.82) is 0 Å². The van der Waals surface area contributed by atoms with Crippen LogP contribution in [0.5, 0.6) is 0 Å². The van der Waals surface area contributed by atoms with Gasteiger partial charge in [-0.05, 0) is 51.0 Å². The lowest BCUT2D eigenvalue weighted by atomic mass is 9.79. The molecule has 2 fully saturated rings. The third kappa shape index (κ3) is 2.94. The van der Waals surface area contributed by atoms with Gasteiger partial charge < -0.3 is 5.32 Å². The summed E-state index contributed by atoms with van der Waals surface area (Å²) in [4.78, 5) is 0. The van der Waals surface area contributed by atoms with Crippen molar-refractivity contribution in [2.45, 2.75) is 38.6 Å². The maximum atomic E-state index is 11.3. The molecule has 2 rings (SSSR count). The first-order valence-corrected chi connectivity index (χ1v) is 7.83. The fraction of sp³-hybridized carbons (Fsp3) is 1.00. The van der Waals surface area contributed by atoms with Crippen molar-refractivity contribution in [3.63, 3.8) is 0 Å². The lowest BCUT2D eigenvalue weighted by molar-refractivity contribution is 0.214. The van der Waals surface area contributed by atoms with E-state index in [0.717, 1.165) is 25.3 Å². The van der Waals surface area contributed by atoms with Gasteiger partial charge in [-0.2, -0.15) is 0 Å². The van der Waals surface area contributed by atoms with Crippen LogP contribution < -0.4 is 5.32 Å². The summed E-state index contributed by atoms with van der Waals surface area (Å²) in [5.41, 5.74) is 0. The molecule has 4 heteroatoms. The van der Waals surface area contributed by atoms with Crippen LogP contribution in [0.4, 0.5) is 0 Å². The summed E-state index contributed by atoms with van der Waals surface area (Å²) in [6, 6.07) is 0.613. The first-order valence-electron chi connectivity index (χ1n) is 6.00. The van der Waals surface area contributed by atoms with Crippen LogP contribution in [0.1, 0.15) is 32.6 Å². The Morgan fingerprint density at radius 2 is 1.73 bits per heavy atom. The zero-order valence-electron chi connectivity index (χ0n) is 9.41. The van der Waals surface area contributed by atoms with E-state index in [0.29, 0.717) is 23.5 Å². The summed E-state index contributed by atoms with van der Waals surface area (Å²) in [5, 5.41) is 3.45. The molecule has 0 amide bonds. The largest absolute Gasteiger partial charge is 0.314 e. The molecule has 2 saturated heterocycles. The highest BCUT2D eigenvalue weighted by Gasteiger charge is 2.31. The van der Waals surface area contributed by atoms with Crippen molar-refractivity contribution < 1.29 is 8.42 Å². The number of rotatable bonds is 1. The summed E-state index contributed by atoms with van der Waals surface area (Å²) < 4.78 is 22.7. The fourth-order valence-corrected chi connectivity index (χ4v) is 4.51. The van der Waals surface area contributed by atoms with Crippen LogP contribution in [0.2, 0.25) is 0 Å². The van der Waals surface area contributed by atoms with Gasteiger partial charge >= 0.3 is 0 Å². The molecule has 0 bridgehead atoms. The molecule has 2 aliphatic heterocycles. The summed E-state index contributed by atoms with van der Waals surface area (Å²) in [6.45, 7) is 3.33. The molecule has 0 spiro atoms. The normalized spacial score (nSPS) is 37.7. The molecule has 0 aromatic carbocycles. The molecule has 0 aliphatic carbocycles. The zero-order chi connectivity index (χ0) is 10.9. The van der Waals surface area contributed by atoms with Gasteiger partial charge in [0.05, 0.1) is 11.5 Å². The second-order valence-corrected chi connectivity index (χ2v) is 7.43. The van der Waals surface area contributed by atoms with Gasteiger partial charge in [-0.1, -0.05) is 0 Å². The Morgan fingerprint density at radius 3 is 2.33 bits per heavy atom. The summed E-state index contributed by atoms with van der Waals surface area (Å²) in [5.74, 6) is 2.28. The minimum Gasteiger partial charge on any atom is -0.314 e. The van der Waals surface area contributed by atoms with E-state index in [4.69, 9.17) is 0 Å². The molecule has 3 nitrogen and oxygen atoms in total. The van der Waals surface area contributed by atoms with Crippen molar-refractivity contribution in [3.05, 3.63) is 0 Å². The van der Waals surface area contributed by atoms with Crippen molar-refractivity contribution >= 4 is 9.84 Å². The van der Waals surface area contributed by atoms with Crippen LogP contribution in [0.25, 0.3) is 0 Å². The topological polar surface area (TPSA) is 46.2 Å². The van der Waals surface area contributed by atoms with E-state index in [1.54, 1.807) is 0 Å². The molecule has 2 heterocycles. The first-order chi connectivity index (χ1) is 7.07. The highest BCUT2D eigenvalue weighted by atomic mass is 32.2. The Hall–Kier alpha value is -0.0900. The van der Waals surface area contributed by atoms with E-state index in [1.807, 2.05) is 0 Å². The number of sulfone groups is 1. The van der Waals surface area contributed by atoms with Crippen molar-refractivity contribution in [2.24, 2.45) is 11.8 Å². The lowest BCUT2D eigenvalue weighted by Crippen LogP contribution is -2.40. The van der Waals surface area contributed by atoms with Gasteiger partial charge in [-0.3, -0.25) is 0 Å². The molecule has 15 heavy (non-hydrogen) atoms. The van der Waals surface area contributed by atoms with E-state index >= 15 is 0 Å². The van der Waals surface area contributed by atoms with E-state index in [1.165, 1.54) is 12.8 Å². The van der Waals surface area contributed by atoms with Crippen molar-refractivity contribution in [1.82, 2.24) is 5.32 Å². The second-order valence-electron chi connectivity index (χ2n) is 5.13. The molecule has 2 atom stereocenters. The van der Waals surface area contributed by atoms with E-state index in [2.05, 4.69) is 12.2 Å². The Labute approximate surface area is 92.6 Å². The van der Waals surface area contributed by atoms with Gasteiger partial charge in [-0.25, -0.2) is 8.42 Å². The Balaban J connectivity index is 1.90. The van der Waals surface area contributed by atoms with Gasteiger partial charge in [0.25, 0.3) is 0 Å². The molecule has 0 radical (unpaired) electrons. The lowest BCUT2D eigenvalue weighted by Gasteiger charge is -2.35. The maximum absolute atomic E-state index is 11.3. The third-order valence-electron chi connectivity index (χ3n) is 3.93. The quantitative estimate of drug-likeness (QED) is 0.737. The van der Waals surface area contributed by atoms with Gasteiger partial charge in [0, 0.05) is 6.04 Å². The molecular formula is C11H21NO2S. The SMILES string of the molecule is CC1CC(C2CCS(=O)(=O)CC2)CCN1. The predicted octanol–water partition coefficient (Wildman–Crippen LogP) is 1.20. The summed E-state index contributed by atoms with van der Waals surface area (Å²) in [7, 11) is -2.68. The number of nitrogens with one attached hydrogen (secondary N) is 1. The Kier molecular flexibility index (Phi) is 3.36. The Bertz CT molecular complexity index is 299. The highest BCUT2D eigenvalue weighted by Crippen LogP contribution is 2.32. The number of hydrogen-bond donors (Lipinski definition) is 1. The minimum atomic E-state index is -2.68. The number of hydrogen-bond acceptors (Lipinski definition) is 3. The summed E-state index contributed by atoms with van der Waals surface area (Å²) in [6.07, 6.45) is 4.26. The molecule has 0 aromatic heterocycles. The van der Waals surface area contributed by atoms with Gasteiger partial charge in [0.15, 0.2) is 0 Å². The van der Waals surface area contributed by atoms with Gasteiger partial charge in [-0.15, -0.1) is 0 Å². The van der Waals surface area contributed by atoms with Crippen molar-refractivity contribution in [3.8, 4) is 0 Å². The third-order valence-corrected chi connectivity index (χ3v) is 5.65. The standard InChI is InChI=1S/C11H21NO2S/c1-9-8-11(2-5-12-9)10-3-6-15(13,14)7-4-10/h9-12H,2-8H2,1H3. The minimum absolute atomic E-state index is 0.427. The van der Waals surface area contributed by atoms with Crippen LogP contribution in [0.15, 0.2) is 0 Å². The van der Waals surface area contributed by atoms with Gasteiger partial charge in [0.2, 0.25) is 0 Å². The highest BCUT2D eigenvalue weighted by molar-refractivity contribution is 7.91. The van der Waals surface area contributed by atoms with Crippen LogP contribution in [-0.4, -0.2) is 32.5 Å². The first kappa shape index (κ1) is 11.4. The predicted molar refractivity (Wildman–Crippen MR) is 61.6 cm³/mol. The zero-order valence-corrected chi connectivity index (χ0v) is 10.2.